The third-order valence-corrected chi connectivity index (χ3v) is 2.86. The van der Waals surface area contributed by atoms with Crippen molar-refractivity contribution in [1.29, 1.82) is 0 Å². The Balaban J connectivity index is 1.94. The van der Waals surface area contributed by atoms with Crippen LogP contribution in [0.2, 0.25) is 10.2 Å². The Morgan fingerprint density at radius 2 is 1.40 bits per heavy atom. The summed E-state index contributed by atoms with van der Waals surface area (Å²) >= 11 is 11.3. The van der Waals surface area contributed by atoms with Crippen LogP contribution in [0.4, 0.5) is 0 Å². The van der Waals surface area contributed by atoms with E-state index in [1.807, 2.05) is 0 Å². The first-order valence-corrected chi connectivity index (χ1v) is 6.29. The third kappa shape index (κ3) is 3.69. The summed E-state index contributed by atoms with van der Waals surface area (Å²) in [5.41, 5.74) is 5.23. The zero-order valence-electron chi connectivity index (χ0n) is 10.1. The normalized spacial score (nSPS) is 9.90. The highest BCUT2D eigenvalue weighted by atomic mass is 35.5. The molecule has 0 atom stereocenters. The summed E-state index contributed by atoms with van der Waals surface area (Å²) in [5, 5.41) is 0.810. The van der Waals surface area contributed by atoms with E-state index in [1.165, 1.54) is 18.3 Å². The Labute approximate surface area is 124 Å². The first-order valence-electron chi connectivity index (χ1n) is 5.54. The molecular weight excluding hydrogens is 301 g/mol. The van der Waals surface area contributed by atoms with Gasteiger partial charge in [-0.05, 0) is 36.4 Å². The molecule has 0 aliphatic carbocycles. The molecule has 7 heteroatoms. The number of benzene rings is 1. The maximum Gasteiger partial charge on any atom is 0.271 e. The molecule has 2 aromatic rings. The van der Waals surface area contributed by atoms with Crippen LogP contribution in [0, 0.1) is 0 Å². The largest absolute Gasteiger partial charge is 0.271 e. The summed E-state index contributed by atoms with van der Waals surface area (Å²) in [7, 11) is 0. The molecule has 0 aliphatic rings. The molecule has 0 saturated heterocycles. The number of nitrogens with one attached hydrogen (secondary N) is 2. The highest BCUT2D eigenvalue weighted by Gasteiger charge is 2.09. The molecule has 0 radical (unpaired) electrons. The summed E-state index contributed by atoms with van der Waals surface area (Å²) in [4.78, 5) is 27.2. The molecule has 0 spiro atoms. The van der Waals surface area contributed by atoms with Gasteiger partial charge in [0.1, 0.15) is 5.15 Å². The molecule has 0 saturated carbocycles. The van der Waals surface area contributed by atoms with E-state index < -0.39 is 11.8 Å². The summed E-state index contributed by atoms with van der Waals surface area (Å²) in [6.45, 7) is 0. The highest BCUT2D eigenvalue weighted by molar-refractivity contribution is 6.30. The Kier molecular flexibility index (Phi) is 4.55. The van der Waals surface area contributed by atoms with Gasteiger partial charge in [-0.1, -0.05) is 23.2 Å². The zero-order valence-corrected chi connectivity index (χ0v) is 11.6. The second kappa shape index (κ2) is 6.36. The standard InChI is InChI=1S/C13H9Cl2N3O2/c14-10-4-1-8(2-5-10)12(19)17-18-13(20)9-3-6-11(15)16-7-9/h1-7H,(H,17,19)(H,18,20). The second-order valence-electron chi connectivity index (χ2n) is 3.78. The van der Waals surface area contributed by atoms with Crippen LogP contribution in [-0.4, -0.2) is 16.8 Å². The summed E-state index contributed by atoms with van der Waals surface area (Å²) in [6, 6.07) is 9.25. The number of halogens is 2. The van der Waals surface area contributed by atoms with Crippen LogP contribution in [0.25, 0.3) is 0 Å². The van der Waals surface area contributed by atoms with E-state index in [0.717, 1.165) is 0 Å². The van der Waals surface area contributed by atoms with Gasteiger partial charge in [0.2, 0.25) is 0 Å². The minimum Gasteiger partial charge on any atom is -0.267 e. The van der Waals surface area contributed by atoms with Gasteiger partial charge in [-0.15, -0.1) is 0 Å². The molecule has 2 rings (SSSR count). The van der Waals surface area contributed by atoms with E-state index in [2.05, 4.69) is 15.8 Å². The SMILES string of the molecule is O=C(NNC(=O)c1ccc(Cl)nc1)c1ccc(Cl)cc1. The van der Waals surface area contributed by atoms with Gasteiger partial charge >= 0.3 is 0 Å². The molecule has 2 N–H and O–H groups in total. The van der Waals surface area contributed by atoms with Crippen molar-refractivity contribution in [2.75, 3.05) is 0 Å². The topological polar surface area (TPSA) is 71.1 Å². The van der Waals surface area contributed by atoms with E-state index in [0.29, 0.717) is 10.6 Å². The molecule has 0 fully saturated rings. The lowest BCUT2D eigenvalue weighted by Crippen LogP contribution is -2.41. The van der Waals surface area contributed by atoms with Crippen LogP contribution in [-0.2, 0) is 0 Å². The number of pyridine rings is 1. The van der Waals surface area contributed by atoms with Crippen LogP contribution in [0.5, 0.6) is 0 Å². The monoisotopic (exact) mass is 309 g/mol. The summed E-state index contributed by atoms with van der Waals surface area (Å²) in [5.74, 6) is -0.937. The molecular formula is C13H9Cl2N3O2. The van der Waals surface area contributed by atoms with Gasteiger partial charge in [-0.3, -0.25) is 20.4 Å². The lowest BCUT2D eigenvalue weighted by molar-refractivity contribution is 0.0846. The number of carbonyl (C=O) groups is 2. The van der Waals surface area contributed by atoms with Crippen molar-refractivity contribution in [2.45, 2.75) is 0 Å². The average molecular weight is 310 g/mol. The second-order valence-corrected chi connectivity index (χ2v) is 4.61. The minimum absolute atomic E-state index is 0.283. The molecule has 0 unspecified atom stereocenters. The first kappa shape index (κ1) is 14.3. The Morgan fingerprint density at radius 3 is 1.95 bits per heavy atom. The maximum absolute atomic E-state index is 11.7. The van der Waals surface area contributed by atoms with Crippen LogP contribution in [0.3, 0.4) is 0 Å². The molecule has 0 aliphatic heterocycles. The summed E-state index contributed by atoms with van der Waals surface area (Å²) < 4.78 is 0. The molecule has 1 aromatic heterocycles. The van der Waals surface area contributed by atoms with Crippen molar-refractivity contribution in [1.82, 2.24) is 15.8 Å². The van der Waals surface area contributed by atoms with Gasteiger partial charge in [-0.25, -0.2) is 4.98 Å². The van der Waals surface area contributed by atoms with Crippen LogP contribution in [0.15, 0.2) is 42.6 Å². The summed E-state index contributed by atoms with van der Waals surface area (Å²) in [6.07, 6.45) is 1.31. The Hall–Kier alpha value is -2.11. The number of hydrogen-bond acceptors (Lipinski definition) is 3. The molecule has 20 heavy (non-hydrogen) atoms. The van der Waals surface area contributed by atoms with E-state index in [1.54, 1.807) is 24.3 Å². The number of hydrogen-bond donors (Lipinski definition) is 2. The molecule has 2 amide bonds. The fraction of sp³-hybridized carbons (Fsp3) is 0. The van der Waals surface area contributed by atoms with Crippen molar-refractivity contribution in [2.24, 2.45) is 0 Å². The van der Waals surface area contributed by atoms with Crippen molar-refractivity contribution < 1.29 is 9.59 Å². The molecule has 0 bridgehead atoms. The number of nitrogens with zero attached hydrogens (tertiary/aromatic N) is 1. The first-order chi connectivity index (χ1) is 9.56. The lowest BCUT2D eigenvalue weighted by atomic mass is 10.2. The van der Waals surface area contributed by atoms with Crippen molar-refractivity contribution in [3.63, 3.8) is 0 Å². The quantitative estimate of drug-likeness (QED) is 0.661. The third-order valence-electron chi connectivity index (χ3n) is 2.39. The number of amides is 2. The van der Waals surface area contributed by atoms with Gasteiger partial charge in [-0.2, -0.15) is 0 Å². The van der Waals surface area contributed by atoms with Crippen molar-refractivity contribution in [3.05, 3.63) is 63.9 Å². The highest BCUT2D eigenvalue weighted by Crippen LogP contribution is 2.09. The predicted octanol–water partition coefficient (Wildman–Crippen LogP) is 2.46. The van der Waals surface area contributed by atoms with E-state index in [-0.39, 0.29) is 10.7 Å². The Bertz CT molecular complexity index is 570. The predicted molar refractivity (Wildman–Crippen MR) is 75.6 cm³/mol. The van der Waals surface area contributed by atoms with E-state index in [4.69, 9.17) is 23.2 Å². The number of aromatic nitrogens is 1. The Morgan fingerprint density at radius 1 is 0.850 bits per heavy atom. The van der Waals surface area contributed by atoms with Gasteiger partial charge in [0.25, 0.3) is 11.8 Å². The van der Waals surface area contributed by atoms with E-state index >= 15 is 0 Å². The molecule has 1 aromatic carbocycles. The molecule has 5 nitrogen and oxygen atoms in total. The van der Waals surface area contributed by atoms with Gasteiger partial charge in [0.15, 0.2) is 0 Å². The number of rotatable bonds is 2. The van der Waals surface area contributed by atoms with Crippen LogP contribution >= 0.6 is 23.2 Å². The maximum atomic E-state index is 11.7. The van der Waals surface area contributed by atoms with Gasteiger partial charge in [0, 0.05) is 16.8 Å². The molecule has 1 heterocycles. The number of hydrazine groups is 1. The number of carbonyl (C=O) groups excluding carboxylic acids is 2. The van der Waals surface area contributed by atoms with Crippen molar-refractivity contribution in [3.8, 4) is 0 Å². The smallest absolute Gasteiger partial charge is 0.267 e. The minimum atomic E-state index is -0.489. The fourth-order valence-electron chi connectivity index (χ4n) is 1.37. The van der Waals surface area contributed by atoms with Gasteiger partial charge < -0.3 is 0 Å². The van der Waals surface area contributed by atoms with Crippen LogP contribution < -0.4 is 10.9 Å². The average Bonchev–Trinajstić information content (AvgIpc) is 2.46. The van der Waals surface area contributed by atoms with Gasteiger partial charge in [0.05, 0.1) is 5.56 Å². The van der Waals surface area contributed by atoms with Crippen LogP contribution in [0.1, 0.15) is 20.7 Å². The molecule has 102 valence electrons. The zero-order chi connectivity index (χ0) is 14.5. The lowest BCUT2D eigenvalue weighted by Gasteiger charge is -2.07. The van der Waals surface area contributed by atoms with E-state index in [9.17, 15) is 9.59 Å². The van der Waals surface area contributed by atoms with Crippen molar-refractivity contribution >= 4 is 35.0 Å². The fourth-order valence-corrected chi connectivity index (χ4v) is 1.61.